The van der Waals surface area contributed by atoms with Crippen molar-refractivity contribution in [3.05, 3.63) is 0 Å². The van der Waals surface area contributed by atoms with Crippen LogP contribution in [0, 0.1) is 0 Å². The van der Waals surface area contributed by atoms with Gasteiger partial charge in [0, 0.05) is 13.0 Å². The highest BCUT2D eigenvalue weighted by Crippen LogP contribution is 2.36. The van der Waals surface area contributed by atoms with E-state index in [1.54, 1.807) is 0 Å². The number of aliphatic carboxylic acids is 1. The first-order valence-electron chi connectivity index (χ1n) is 4.39. The van der Waals surface area contributed by atoms with Gasteiger partial charge >= 0.3 is 5.97 Å². The Bertz CT molecular complexity index is 279. The molecule has 0 aromatic rings. The van der Waals surface area contributed by atoms with E-state index in [1.165, 1.54) is 0 Å². The van der Waals surface area contributed by atoms with Gasteiger partial charge in [-0.05, 0) is 24.5 Å². The molecule has 0 spiro atoms. The van der Waals surface area contributed by atoms with Crippen LogP contribution in [-0.2, 0) is 4.79 Å². The van der Waals surface area contributed by atoms with Crippen LogP contribution in [-0.4, -0.2) is 47.4 Å². The van der Waals surface area contributed by atoms with Crippen molar-refractivity contribution >= 4 is 17.7 Å². The van der Waals surface area contributed by atoms with Gasteiger partial charge in [0.1, 0.15) is 0 Å². The van der Waals surface area contributed by atoms with Gasteiger partial charge in [0.15, 0.2) is 0 Å². The van der Waals surface area contributed by atoms with E-state index in [1.807, 2.05) is 19.0 Å². The third kappa shape index (κ3) is 3.92. The summed E-state index contributed by atoms with van der Waals surface area (Å²) < 4.78 is 0. The van der Waals surface area contributed by atoms with Gasteiger partial charge in [-0.3, -0.25) is 4.79 Å². The smallest absolute Gasteiger partial charge is 0.313 e. The summed E-state index contributed by atoms with van der Waals surface area (Å²) in [4.78, 5) is 11.6. The van der Waals surface area contributed by atoms with E-state index in [4.69, 9.17) is 5.11 Å². The van der Waals surface area contributed by atoms with E-state index < -0.39 is 11.0 Å². The van der Waals surface area contributed by atoms with Crippen LogP contribution < -0.4 is 0 Å². The zero-order valence-corrected chi connectivity index (χ0v) is 9.44. The van der Waals surface area contributed by atoms with Gasteiger partial charge in [-0.25, -0.2) is 0 Å². The molecule has 0 aromatic carbocycles. The predicted octanol–water partition coefficient (Wildman–Crippen LogP) is 1.24. The molecule has 7 nitrogen and oxygen atoms in total. The monoisotopic (exact) mass is 231 g/mol. The van der Waals surface area contributed by atoms with Gasteiger partial charge in [0.05, 0.1) is 5.75 Å². The van der Waals surface area contributed by atoms with Crippen LogP contribution in [0.3, 0.4) is 0 Å². The molecule has 0 fully saturated rings. The largest absolute Gasteiger partial charge is 0.481 e. The molecule has 8 heteroatoms. The topological polar surface area (TPSA) is 90.0 Å². The number of thioether (sulfide) groups is 1. The fourth-order valence-electron chi connectivity index (χ4n) is 0.976. The van der Waals surface area contributed by atoms with E-state index in [9.17, 15) is 4.79 Å². The molecule has 0 unspecified atom stereocenters. The molecule has 0 saturated heterocycles. The molecule has 0 aliphatic carbocycles. The van der Waals surface area contributed by atoms with Crippen molar-refractivity contribution in [2.75, 3.05) is 26.4 Å². The summed E-state index contributed by atoms with van der Waals surface area (Å²) in [6.45, 7) is 0.755. The highest BCUT2D eigenvalue weighted by Gasteiger charge is 2.34. The average molecular weight is 231 g/mol. The first-order chi connectivity index (χ1) is 7.04. The Morgan fingerprint density at radius 3 is 2.47 bits per heavy atom. The van der Waals surface area contributed by atoms with Crippen molar-refractivity contribution in [1.29, 1.82) is 0 Å². The van der Waals surface area contributed by atoms with E-state index in [0.29, 0.717) is 6.42 Å². The van der Waals surface area contributed by atoms with Crippen LogP contribution >= 0.6 is 11.8 Å². The quantitative estimate of drug-likeness (QED) is 0.744. The van der Waals surface area contributed by atoms with Gasteiger partial charge in [-0.2, -0.15) is 0 Å². The van der Waals surface area contributed by atoms with E-state index in [2.05, 4.69) is 20.7 Å². The molecule has 1 aliphatic rings. The van der Waals surface area contributed by atoms with E-state index in [0.717, 1.165) is 18.3 Å². The van der Waals surface area contributed by atoms with Crippen molar-refractivity contribution < 1.29 is 9.90 Å². The average Bonchev–Trinajstić information content (AvgIpc) is 2.61. The van der Waals surface area contributed by atoms with Crippen LogP contribution in [0.25, 0.3) is 0 Å². The summed E-state index contributed by atoms with van der Waals surface area (Å²) in [5.74, 6) is -0.938. The fraction of sp³-hybridized carbons (Fsp3) is 0.857. The van der Waals surface area contributed by atoms with Crippen molar-refractivity contribution in [2.45, 2.75) is 11.4 Å². The minimum absolute atomic E-state index is 0.0501. The number of nitrogens with zero attached hydrogens (tertiary/aromatic N) is 5. The Labute approximate surface area is 91.6 Å². The van der Waals surface area contributed by atoms with Gasteiger partial charge in [0.25, 0.3) is 0 Å². The van der Waals surface area contributed by atoms with E-state index >= 15 is 0 Å². The molecule has 0 atom stereocenters. The molecule has 0 bridgehead atoms. The van der Waals surface area contributed by atoms with Crippen molar-refractivity contribution in [3.8, 4) is 0 Å². The van der Waals surface area contributed by atoms with Crippen molar-refractivity contribution in [1.82, 2.24) is 4.90 Å². The van der Waals surface area contributed by atoms with Gasteiger partial charge in [0.2, 0.25) is 4.99 Å². The number of hydrogen-bond donors (Lipinski definition) is 1. The van der Waals surface area contributed by atoms with Crippen LogP contribution in [0.1, 0.15) is 6.42 Å². The lowest BCUT2D eigenvalue weighted by molar-refractivity contribution is -0.133. The number of carboxylic acids is 1. The minimum atomic E-state index is -0.887. The number of rotatable bonds is 6. The molecule has 84 valence electrons. The first kappa shape index (κ1) is 12.1. The maximum Gasteiger partial charge on any atom is 0.313 e. The highest BCUT2D eigenvalue weighted by atomic mass is 32.2. The van der Waals surface area contributed by atoms with Crippen LogP contribution in [0.4, 0.5) is 0 Å². The second kappa shape index (κ2) is 5.17. The molecule has 0 saturated carbocycles. The molecular weight excluding hydrogens is 218 g/mol. The van der Waals surface area contributed by atoms with Crippen LogP contribution in [0.2, 0.25) is 0 Å². The predicted molar refractivity (Wildman–Crippen MR) is 55.7 cm³/mol. The molecule has 15 heavy (non-hydrogen) atoms. The number of carbonyl (C=O) groups is 1. The first-order valence-corrected chi connectivity index (χ1v) is 5.37. The third-order valence-electron chi connectivity index (χ3n) is 1.75. The minimum Gasteiger partial charge on any atom is -0.481 e. The zero-order chi connectivity index (χ0) is 11.3. The van der Waals surface area contributed by atoms with E-state index in [-0.39, 0.29) is 5.75 Å². The summed E-state index contributed by atoms with van der Waals surface area (Å²) in [6, 6.07) is 0. The maximum absolute atomic E-state index is 10.5. The summed E-state index contributed by atoms with van der Waals surface area (Å²) in [6.07, 6.45) is 0.602. The third-order valence-corrected chi connectivity index (χ3v) is 2.97. The fourth-order valence-corrected chi connectivity index (χ4v) is 1.75. The van der Waals surface area contributed by atoms with Gasteiger partial charge in [-0.15, -0.1) is 10.2 Å². The summed E-state index contributed by atoms with van der Waals surface area (Å²) in [7, 11) is 3.86. The molecular formula is C7H13N5O2S. The second-order valence-electron chi connectivity index (χ2n) is 3.36. The zero-order valence-electron chi connectivity index (χ0n) is 8.62. The molecule has 1 rings (SSSR count). The Kier molecular flexibility index (Phi) is 4.15. The molecule has 1 N–H and O–H groups in total. The molecule has 1 heterocycles. The number of hydrogen-bond acceptors (Lipinski definition) is 7. The molecule has 0 radical (unpaired) electrons. The molecule has 1 aliphatic heterocycles. The van der Waals surface area contributed by atoms with Crippen LogP contribution in [0.5, 0.6) is 0 Å². The maximum atomic E-state index is 10.5. The summed E-state index contributed by atoms with van der Waals surface area (Å²) >= 11 is 1.13. The van der Waals surface area contributed by atoms with Gasteiger partial charge in [-0.1, -0.05) is 11.8 Å². The molecule has 0 aromatic heterocycles. The lowest BCUT2D eigenvalue weighted by Gasteiger charge is -2.20. The Hall–Kier alpha value is -1.02. The Morgan fingerprint density at radius 1 is 1.40 bits per heavy atom. The standard InChI is InChI=1S/C7H13N5O2S/c1-12(2)4-3-7(8-10-11-9-7)15-5-6(13)14/h3-5H2,1-2H3,(H,13,14). The highest BCUT2D eigenvalue weighted by molar-refractivity contribution is 8.01. The Balaban J connectivity index is 2.51. The molecule has 0 amide bonds. The summed E-state index contributed by atoms with van der Waals surface area (Å²) in [5.41, 5.74) is 0. The Morgan fingerprint density at radius 2 is 2.00 bits per heavy atom. The summed E-state index contributed by atoms with van der Waals surface area (Å²) in [5, 5.41) is 23.2. The van der Waals surface area contributed by atoms with Crippen molar-refractivity contribution in [3.63, 3.8) is 0 Å². The van der Waals surface area contributed by atoms with Gasteiger partial charge < -0.3 is 10.0 Å². The van der Waals surface area contributed by atoms with Crippen LogP contribution in [0.15, 0.2) is 20.7 Å². The lowest BCUT2D eigenvalue weighted by Crippen LogP contribution is -2.26. The number of carboxylic acid groups (broad SMARTS) is 1. The van der Waals surface area contributed by atoms with Crippen molar-refractivity contribution in [2.24, 2.45) is 20.7 Å². The SMILES string of the molecule is CN(C)CCC1(SCC(=O)O)N=NN=N1. The lowest BCUT2D eigenvalue weighted by atomic mass is 10.3. The normalized spacial score (nSPS) is 17.5. The second-order valence-corrected chi connectivity index (χ2v) is 4.59.